The van der Waals surface area contributed by atoms with Crippen LogP contribution in [-0.4, -0.2) is 12.5 Å². The fourth-order valence-electron chi connectivity index (χ4n) is 2.06. The number of halogens is 3. The molecular formula is C12H13BrClFO. The lowest BCUT2D eigenvalue weighted by molar-refractivity contribution is -0.0208. The zero-order valence-electron chi connectivity index (χ0n) is 8.76. The molecule has 0 spiro atoms. The summed E-state index contributed by atoms with van der Waals surface area (Å²) in [6.45, 7) is 0.757. The van der Waals surface area contributed by atoms with Gasteiger partial charge >= 0.3 is 0 Å². The minimum atomic E-state index is -0.248. The van der Waals surface area contributed by atoms with Gasteiger partial charge in [-0.15, -0.1) is 11.6 Å². The van der Waals surface area contributed by atoms with E-state index in [1.54, 1.807) is 12.1 Å². The SMILES string of the molecule is Fc1ccc(C2OCCCC2CCl)cc1Br. The second-order valence-electron chi connectivity index (χ2n) is 4.02. The third-order valence-electron chi connectivity index (χ3n) is 2.92. The summed E-state index contributed by atoms with van der Waals surface area (Å²) in [6, 6.07) is 5.02. The molecule has 2 atom stereocenters. The third kappa shape index (κ3) is 2.58. The smallest absolute Gasteiger partial charge is 0.137 e. The molecule has 1 aliphatic rings. The van der Waals surface area contributed by atoms with E-state index in [4.69, 9.17) is 16.3 Å². The lowest BCUT2D eigenvalue weighted by Gasteiger charge is -2.30. The molecule has 0 aliphatic carbocycles. The van der Waals surface area contributed by atoms with Gasteiger partial charge in [0, 0.05) is 18.4 Å². The standard InChI is InChI=1S/C12H13BrClFO/c13-10-6-8(3-4-11(10)15)12-9(7-14)2-1-5-16-12/h3-4,6,9,12H,1-2,5,7H2. The van der Waals surface area contributed by atoms with E-state index in [1.165, 1.54) is 6.07 Å². The van der Waals surface area contributed by atoms with E-state index >= 15 is 0 Å². The van der Waals surface area contributed by atoms with Crippen LogP contribution in [0.2, 0.25) is 0 Å². The van der Waals surface area contributed by atoms with Crippen molar-refractivity contribution in [3.05, 3.63) is 34.1 Å². The maximum absolute atomic E-state index is 13.1. The maximum Gasteiger partial charge on any atom is 0.137 e. The van der Waals surface area contributed by atoms with Gasteiger partial charge in [-0.3, -0.25) is 0 Å². The number of ether oxygens (including phenoxy) is 1. The average molecular weight is 308 g/mol. The number of hydrogen-bond acceptors (Lipinski definition) is 1. The molecule has 0 aromatic heterocycles. The summed E-state index contributed by atoms with van der Waals surface area (Å²) in [5.74, 6) is 0.661. The van der Waals surface area contributed by atoms with Crippen LogP contribution in [-0.2, 0) is 4.74 Å². The second-order valence-corrected chi connectivity index (χ2v) is 5.18. The largest absolute Gasteiger partial charge is 0.373 e. The highest BCUT2D eigenvalue weighted by Gasteiger charge is 2.27. The Labute approximate surface area is 108 Å². The molecule has 1 aromatic carbocycles. The first kappa shape index (κ1) is 12.3. The van der Waals surface area contributed by atoms with Crippen LogP contribution in [0.5, 0.6) is 0 Å². The summed E-state index contributed by atoms with van der Waals surface area (Å²) in [7, 11) is 0. The molecule has 2 rings (SSSR count). The van der Waals surface area contributed by atoms with Gasteiger partial charge < -0.3 is 4.74 Å². The lowest BCUT2D eigenvalue weighted by Crippen LogP contribution is -2.23. The Morgan fingerprint density at radius 3 is 3.00 bits per heavy atom. The van der Waals surface area contributed by atoms with Crippen LogP contribution in [0.3, 0.4) is 0 Å². The Morgan fingerprint density at radius 1 is 1.50 bits per heavy atom. The second kappa shape index (κ2) is 5.48. The Balaban J connectivity index is 2.23. The third-order valence-corrected chi connectivity index (χ3v) is 3.92. The molecule has 4 heteroatoms. The van der Waals surface area contributed by atoms with Crippen molar-refractivity contribution in [1.29, 1.82) is 0 Å². The molecule has 1 nitrogen and oxygen atoms in total. The van der Waals surface area contributed by atoms with E-state index in [0.29, 0.717) is 16.3 Å². The topological polar surface area (TPSA) is 9.23 Å². The molecule has 1 aromatic rings. The minimum Gasteiger partial charge on any atom is -0.373 e. The molecule has 88 valence electrons. The summed E-state index contributed by atoms with van der Waals surface area (Å²) in [6.07, 6.45) is 2.13. The van der Waals surface area contributed by atoms with Gasteiger partial charge in [-0.2, -0.15) is 0 Å². The van der Waals surface area contributed by atoms with Gasteiger partial charge in [-0.1, -0.05) is 6.07 Å². The zero-order chi connectivity index (χ0) is 11.5. The predicted molar refractivity (Wildman–Crippen MR) is 66.2 cm³/mol. The summed E-state index contributed by atoms with van der Waals surface area (Å²) in [5.41, 5.74) is 0.999. The molecule has 0 radical (unpaired) electrons. The first-order chi connectivity index (χ1) is 7.72. The lowest BCUT2D eigenvalue weighted by atomic mass is 9.91. The molecular weight excluding hydrogens is 294 g/mol. The Hall–Kier alpha value is -0.120. The first-order valence-electron chi connectivity index (χ1n) is 5.35. The summed E-state index contributed by atoms with van der Waals surface area (Å²) in [4.78, 5) is 0. The van der Waals surface area contributed by atoms with E-state index in [9.17, 15) is 4.39 Å². The molecule has 0 saturated carbocycles. The van der Waals surface area contributed by atoms with Crippen molar-refractivity contribution in [2.75, 3.05) is 12.5 Å². The van der Waals surface area contributed by atoms with Gasteiger partial charge in [0.25, 0.3) is 0 Å². The zero-order valence-corrected chi connectivity index (χ0v) is 11.1. The molecule has 0 bridgehead atoms. The quantitative estimate of drug-likeness (QED) is 0.740. The molecule has 0 N–H and O–H groups in total. The highest BCUT2D eigenvalue weighted by molar-refractivity contribution is 9.10. The molecule has 1 fully saturated rings. The fraction of sp³-hybridized carbons (Fsp3) is 0.500. The molecule has 1 heterocycles. The van der Waals surface area contributed by atoms with E-state index in [0.717, 1.165) is 25.0 Å². The van der Waals surface area contributed by atoms with E-state index in [1.807, 2.05) is 0 Å². The van der Waals surface area contributed by atoms with Gasteiger partial charge in [0.05, 0.1) is 10.6 Å². The van der Waals surface area contributed by atoms with Gasteiger partial charge in [-0.25, -0.2) is 4.39 Å². The molecule has 16 heavy (non-hydrogen) atoms. The molecule has 2 unspecified atom stereocenters. The van der Waals surface area contributed by atoms with E-state index < -0.39 is 0 Å². The molecule has 0 amide bonds. The van der Waals surface area contributed by atoms with Gasteiger partial charge in [0.15, 0.2) is 0 Å². The van der Waals surface area contributed by atoms with Crippen LogP contribution in [0.4, 0.5) is 4.39 Å². The maximum atomic E-state index is 13.1. The Bertz CT molecular complexity index is 372. The van der Waals surface area contributed by atoms with Crippen LogP contribution in [0.1, 0.15) is 24.5 Å². The number of rotatable bonds is 2. The summed E-state index contributed by atoms with van der Waals surface area (Å²) < 4.78 is 19.3. The van der Waals surface area contributed by atoms with Gasteiger partial charge in [-0.05, 0) is 46.5 Å². The average Bonchev–Trinajstić information content (AvgIpc) is 2.32. The Morgan fingerprint density at radius 2 is 2.31 bits per heavy atom. The fourth-order valence-corrected chi connectivity index (χ4v) is 2.77. The van der Waals surface area contributed by atoms with Crippen molar-refractivity contribution in [3.8, 4) is 0 Å². The van der Waals surface area contributed by atoms with Crippen LogP contribution in [0.25, 0.3) is 0 Å². The first-order valence-corrected chi connectivity index (χ1v) is 6.67. The minimum absolute atomic E-state index is 0.00292. The van der Waals surface area contributed by atoms with Crippen LogP contribution >= 0.6 is 27.5 Å². The summed E-state index contributed by atoms with van der Waals surface area (Å²) in [5, 5.41) is 0. The van der Waals surface area contributed by atoms with Crippen LogP contribution < -0.4 is 0 Å². The monoisotopic (exact) mass is 306 g/mol. The molecule has 1 saturated heterocycles. The van der Waals surface area contributed by atoms with E-state index in [-0.39, 0.29) is 11.9 Å². The Kier molecular flexibility index (Phi) is 4.22. The normalized spacial score (nSPS) is 25.7. The highest BCUT2D eigenvalue weighted by Crippen LogP contribution is 2.35. The van der Waals surface area contributed by atoms with Crippen molar-refractivity contribution < 1.29 is 9.13 Å². The van der Waals surface area contributed by atoms with Crippen molar-refractivity contribution >= 4 is 27.5 Å². The van der Waals surface area contributed by atoms with Crippen molar-refractivity contribution in [2.24, 2.45) is 5.92 Å². The summed E-state index contributed by atoms with van der Waals surface area (Å²) >= 11 is 9.12. The highest BCUT2D eigenvalue weighted by atomic mass is 79.9. The number of alkyl halides is 1. The van der Waals surface area contributed by atoms with Crippen molar-refractivity contribution in [1.82, 2.24) is 0 Å². The predicted octanol–water partition coefficient (Wildman–Crippen LogP) is 4.29. The van der Waals surface area contributed by atoms with Crippen molar-refractivity contribution in [2.45, 2.75) is 18.9 Å². The number of hydrogen-bond donors (Lipinski definition) is 0. The van der Waals surface area contributed by atoms with Gasteiger partial charge in [0.1, 0.15) is 5.82 Å². The number of benzene rings is 1. The van der Waals surface area contributed by atoms with Gasteiger partial charge in [0.2, 0.25) is 0 Å². The van der Waals surface area contributed by atoms with Crippen LogP contribution in [0, 0.1) is 11.7 Å². The van der Waals surface area contributed by atoms with Crippen molar-refractivity contribution in [3.63, 3.8) is 0 Å². The molecule has 1 aliphatic heterocycles. The van der Waals surface area contributed by atoms with E-state index in [2.05, 4.69) is 15.9 Å². The van der Waals surface area contributed by atoms with Crippen LogP contribution in [0.15, 0.2) is 22.7 Å².